The third-order valence-corrected chi connectivity index (χ3v) is 5.87. The number of amides is 1. The number of carbonyl (C=O) groups is 1. The van der Waals surface area contributed by atoms with E-state index in [4.69, 9.17) is 14.2 Å². The van der Waals surface area contributed by atoms with Crippen molar-refractivity contribution in [3.8, 4) is 17.2 Å². The Kier molecular flexibility index (Phi) is 5.09. The molecule has 3 aromatic rings. The molecule has 0 unspecified atom stereocenters. The lowest BCUT2D eigenvalue weighted by Crippen LogP contribution is -2.18. The summed E-state index contributed by atoms with van der Waals surface area (Å²) in [5, 5.41) is 0. The highest BCUT2D eigenvalue weighted by Gasteiger charge is 2.16. The summed E-state index contributed by atoms with van der Waals surface area (Å²) in [6.07, 6.45) is 2.06. The van der Waals surface area contributed by atoms with Gasteiger partial charge in [0.05, 0.1) is 17.3 Å². The van der Waals surface area contributed by atoms with Gasteiger partial charge in [0.1, 0.15) is 5.75 Å². The fraction of sp³-hybridized carbons (Fsp3) is 0.263. The molecule has 1 aliphatic heterocycles. The highest BCUT2D eigenvalue weighted by atomic mass is 32.2. The molecule has 2 aromatic carbocycles. The highest BCUT2D eigenvalue weighted by molar-refractivity contribution is 7.98. The minimum Gasteiger partial charge on any atom is -0.497 e. The van der Waals surface area contributed by atoms with E-state index in [0.717, 1.165) is 28.3 Å². The number of thiazole rings is 1. The first-order valence-electron chi connectivity index (χ1n) is 8.34. The molecule has 0 N–H and O–H groups in total. The summed E-state index contributed by atoms with van der Waals surface area (Å²) in [7, 11) is 1.65. The SMILES string of the molecule is COc1ccc2sc(=NC(=O)c3ccc4c(c3)OCO4)n(CCSC)c2c1. The van der Waals surface area contributed by atoms with Crippen LogP contribution in [0.5, 0.6) is 17.2 Å². The van der Waals surface area contributed by atoms with E-state index in [0.29, 0.717) is 21.9 Å². The number of thioether (sulfide) groups is 1. The van der Waals surface area contributed by atoms with E-state index in [2.05, 4.69) is 15.8 Å². The quantitative estimate of drug-likeness (QED) is 0.653. The standard InChI is InChI=1S/C19H18N2O4S2/c1-23-13-4-6-17-14(10-13)21(7-8-26-2)19(27-17)20-18(22)12-3-5-15-16(9-12)25-11-24-15/h3-6,9-10H,7-8,11H2,1-2H3. The normalized spacial score (nSPS) is 13.3. The summed E-state index contributed by atoms with van der Waals surface area (Å²) in [5.74, 6) is 2.63. The molecule has 6 nitrogen and oxygen atoms in total. The van der Waals surface area contributed by atoms with Gasteiger partial charge in [-0.3, -0.25) is 4.79 Å². The van der Waals surface area contributed by atoms with Gasteiger partial charge >= 0.3 is 0 Å². The number of hydrogen-bond acceptors (Lipinski definition) is 6. The van der Waals surface area contributed by atoms with E-state index in [1.54, 1.807) is 37.1 Å². The second kappa shape index (κ2) is 7.66. The number of aryl methyl sites for hydroxylation is 1. The number of hydrogen-bond donors (Lipinski definition) is 0. The minimum absolute atomic E-state index is 0.178. The fourth-order valence-electron chi connectivity index (χ4n) is 2.84. The van der Waals surface area contributed by atoms with Crippen molar-refractivity contribution >= 4 is 39.2 Å². The zero-order valence-electron chi connectivity index (χ0n) is 14.9. The molecule has 0 saturated carbocycles. The van der Waals surface area contributed by atoms with Crippen LogP contribution in [-0.2, 0) is 6.54 Å². The van der Waals surface area contributed by atoms with Crippen molar-refractivity contribution in [3.05, 3.63) is 46.8 Å². The van der Waals surface area contributed by atoms with Gasteiger partial charge in [-0.2, -0.15) is 16.8 Å². The van der Waals surface area contributed by atoms with E-state index >= 15 is 0 Å². The van der Waals surface area contributed by atoms with Crippen LogP contribution in [0.3, 0.4) is 0 Å². The second-order valence-corrected chi connectivity index (χ2v) is 7.84. The summed E-state index contributed by atoms with van der Waals surface area (Å²) in [6, 6.07) is 11.0. The van der Waals surface area contributed by atoms with Gasteiger partial charge in [0.15, 0.2) is 16.3 Å². The number of nitrogens with zero attached hydrogens (tertiary/aromatic N) is 2. The minimum atomic E-state index is -0.301. The van der Waals surface area contributed by atoms with Crippen molar-refractivity contribution in [3.63, 3.8) is 0 Å². The van der Waals surface area contributed by atoms with Crippen molar-refractivity contribution in [2.24, 2.45) is 4.99 Å². The molecule has 2 heterocycles. The zero-order chi connectivity index (χ0) is 18.8. The maximum Gasteiger partial charge on any atom is 0.279 e. The summed E-state index contributed by atoms with van der Waals surface area (Å²) in [4.78, 5) is 17.8. The Morgan fingerprint density at radius 3 is 2.93 bits per heavy atom. The van der Waals surface area contributed by atoms with Crippen molar-refractivity contribution < 1.29 is 19.0 Å². The molecule has 0 spiro atoms. The molecule has 0 aliphatic carbocycles. The topological polar surface area (TPSA) is 62.1 Å². The summed E-state index contributed by atoms with van der Waals surface area (Å²) >= 11 is 3.25. The molecule has 8 heteroatoms. The van der Waals surface area contributed by atoms with Gasteiger partial charge in [-0.25, -0.2) is 0 Å². The van der Waals surface area contributed by atoms with Gasteiger partial charge in [-0.05, 0) is 36.6 Å². The van der Waals surface area contributed by atoms with E-state index < -0.39 is 0 Å². The first kappa shape index (κ1) is 17.9. The van der Waals surface area contributed by atoms with E-state index in [1.165, 1.54) is 11.3 Å². The van der Waals surface area contributed by atoms with Gasteiger partial charge < -0.3 is 18.8 Å². The summed E-state index contributed by atoms with van der Waals surface area (Å²) < 4.78 is 19.1. The third kappa shape index (κ3) is 3.54. The number of benzene rings is 2. The maximum atomic E-state index is 12.7. The Balaban J connectivity index is 1.78. The maximum absolute atomic E-state index is 12.7. The van der Waals surface area contributed by atoms with Crippen LogP contribution >= 0.6 is 23.1 Å². The van der Waals surface area contributed by atoms with Crippen molar-refractivity contribution in [1.29, 1.82) is 0 Å². The highest BCUT2D eigenvalue weighted by Crippen LogP contribution is 2.32. The monoisotopic (exact) mass is 402 g/mol. The van der Waals surface area contributed by atoms with Crippen LogP contribution in [-0.4, -0.2) is 36.4 Å². The molecular formula is C19H18N2O4S2. The number of ether oxygens (including phenoxy) is 3. The number of carbonyl (C=O) groups excluding carboxylic acids is 1. The summed E-state index contributed by atoms with van der Waals surface area (Å²) in [5.41, 5.74) is 1.50. The molecule has 140 valence electrons. The van der Waals surface area contributed by atoms with Crippen molar-refractivity contribution in [1.82, 2.24) is 4.57 Å². The Labute approximate surface area is 164 Å². The summed E-state index contributed by atoms with van der Waals surface area (Å²) in [6.45, 7) is 0.943. The Bertz CT molecular complexity index is 1070. The molecule has 0 fully saturated rings. The molecule has 1 aliphatic rings. The number of methoxy groups -OCH3 is 1. The molecule has 0 saturated heterocycles. The predicted octanol–water partition coefficient (Wildman–Crippen LogP) is 3.54. The van der Waals surface area contributed by atoms with E-state index in [9.17, 15) is 4.79 Å². The molecule has 0 atom stereocenters. The van der Waals surface area contributed by atoms with Crippen LogP contribution in [0.15, 0.2) is 41.4 Å². The van der Waals surface area contributed by atoms with Crippen LogP contribution in [0.2, 0.25) is 0 Å². The predicted molar refractivity (Wildman–Crippen MR) is 107 cm³/mol. The van der Waals surface area contributed by atoms with Crippen LogP contribution < -0.4 is 19.0 Å². The molecule has 0 bridgehead atoms. The molecule has 0 radical (unpaired) electrons. The second-order valence-electron chi connectivity index (χ2n) is 5.85. The van der Waals surface area contributed by atoms with Gasteiger partial charge in [-0.15, -0.1) is 0 Å². The van der Waals surface area contributed by atoms with Crippen LogP contribution in [0, 0.1) is 0 Å². The zero-order valence-corrected chi connectivity index (χ0v) is 16.6. The molecule has 4 rings (SSSR count). The van der Waals surface area contributed by atoms with Crippen molar-refractivity contribution in [2.45, 2.75) is 6.54 Å². The largest absolute Gasteiger partial charge is 0.497 e. The Morgan fingerprint density at radius 1 is 1.26 bits per heavy atom. The van der Waals surface area contributed by atoms with E-state index in [-0.39, 0.29) is 12.7 Å². The molecular weight excluding hydrogens is 384 g/mol. The van der Waals surface area contributed by atoms with Gasteiger partial charge in [0.25, 0.3) is 5.91 Å². The number of fused-ring (bicyclic) bond motifs is 2. The van der Waals surface area contributed by atoms with Crippen LogP contribution in [0.25, 0.3) is 10.2 Å². The van der Waals surface area contributed by atoms with Gasteiger partial charge in [0, 0.05) is 23.9 Å². The average molecular weight is 402 g/mol. The van der Waals surface area contributed by atoms with Crippen LogP contribution in [0.1, 0.15) is 10.4 Å². The van der Waals surface area contributed by atoms with Gasteiger partial charge in [0.2, 0.25) is 6.79 Å². The van der Waals surface area contributed by atoms with Crippen LogP contribution in [0.4, 0.5) is 0 Å². The smallest absolute Gasteiger partial charge is 0.279 e. The Hall–Kier alpha value is -2.45. The average Bonchev–Trinajstić information content (AvgIpc) is 3.29. The first-order valence-corrected chi connectivity index (χ1v) is 10.6. The molecule has 1 amide bonds. The molecule has 27 heavy (non-hydrogen) atoms. The lowest BCUT2D eigenvalue weighted by atomic mass is 10.2. The number of rotatable bonds is 5. The lowest BCUT2D eigenvalue weighted by Gasteiger charge is -2.05. The van der Waals surface area contributed by atoms with E-state index in [1.807, 2.05) is 18.2 Å². The fourth-order valence-corrected chi connectivity index (χ4v) is 4.24. The third-order valence-electron chi connectivity index (χ3n) is 4.22. The van der Waals surface area contributed by atoms with Crippen molar-refractivity contribution in [2.75, 3.05) is 25.9 Å². The lowest BCUT2D eigenvalue weighted by molar-refractivity contribution is 0.0997. The number of aromatic nitrogens is 1. The Morgan fingerprint density at radius 2 is 2.11 bits per heavy atom. The first-order chi connectivity index (χ1) is 13.2. The van der Waals surface area contributed by atoms with Gasteiger partial charge in [-0.1, -0.05) is 11.3 Å². The molecule has 1 aromatic heterocycles.